The van der Waals surface area contributed by atoms with Gasteiger partial charge in [-0.2, -0.15) is 0 Å². The number of esters is 2. The molecule has 0 aromatic heterocycles. The Labute approximate surface area is 145 Å². The third-order valence-electron chi connectivity index (χ3n) is 2.60. The second-order valence-corrected chi connectivity index (χ2v) is 4.31. The molecule has 10 heteroatoms. The number of rotatable bonds is 5. The van der Waals surface area contributed by atoms with E-state index in [2.05, 4.69) is 29.3 Å². The number of benzene rings is 2. The zero-order chi connectivity index (χ0) is 18.8. The minimum absolute atomic E-state index is 0.0876. The van der Waals surface area contributed by atoms with Gasteiger partial charge < -0.3 is 9.47 Å². The van der Waals surface area contributed by atoms with E-state index in [1.165, 1.54) is 24.3 Å². The summed E-state index contributed by atoms with van der Waals surface area (Å²) in [7, 11) is 0. The van der Waals surface area contributed by atoms with Gasteiger partial charge in [-0.15, -0.1) is 0 Å². The molecule has 0 radical (unpaired) electrons. The lowest BCUT2D eigenvalue weighted by atomic mass is 10.2. The van der Waals surface area contributed by atoms with Crippen molar-refractivity contribution < 1.29 is 48.5 Å². The maximum absolute atomic E-state index is 11.5. The molecule has 134 valence electrons. The fourth-order valence-electron chi connectivity index (χ4n) is 1.54. The maximum Gasteiger partial charge on any atom is 0.550 e. The minimum atomic E-state index is -1.59. The van der Waals surface area contributed by atoms with Crippen LogP contribution < -0.4 is 0 Å². The summed E-state index contributed by atoms with van der Waals surface area (Å²) in [6.45, 7) is 0. The Morgan fingerprint density at radius 3 is 1.23 bits per heavy atom. The molecule has 2 aromatic rings. The highest BCUT2D eigenvalue weighted by Gasteiger charge is 2.18. The van der Waals surface area contributed by atoms with Crippen LogP contribution in [0.1, 0.15) is 20.7 Å². The van der Waals surface area contributed by atoms with Crippen LogP contribution in [0.15, 0.2) is 60.7 Å². The zero-order valence-electron chi connectivity index (χ0n) is 12.9. The Bertz CT molecular complexity index is 705. The first-order valence-corrected chi connectivity index (χ1v) is 6.86. The summed E-state index contributed by atoms with van der Waals surface area (Å²) in [5.74, 6) is -2.01. The van der Waals surface area contributed by atoms with Gasteiger partial charge in [0.1, 0.15) is 0 Å². The Kier molecular flexibility index (Phi) is 6.80. The van der Waals surface area contributed by atoms with E-state index in [9.17, 15) is 19.2 Å². The van der Waals surface area contributed by atoms with E-state index in [0.29, 0.717) is 0 Å². The largest absolute Gasteiger partial charge is 0.550 e. The van der Waals surface area contributed by atoms with E-state index in [1.54, 1.807) is 36.4 Å². The van der Waals surface area contributed by atoms with Crippen molar-refractivity contribution in [2.75, 3.05) is 0 Å². The number of carbonyl (C=O) groups excluding carboxylic acids is 4. The quantitative estimate of drug-likeness (QED) is 0.258. The Hall–Kier alpha value is -3.76. The lowest BCUT2D eigenvalue weighted by molar-refractivity contribution is -0.600. The van der Waals surface area contributed by atoms with E-state index in [1.807, 2.05) is 0 Å². The molecular formula is C16H10O10. The van der Waals surface area contributed by atoms with Crippen LogP contribution in [0, 0.1) is 0 Å². The maximum atomic E-state index is 11.5. The molecule has 0 saturated heterocycles. The molecule has 0 N–H and O–H groups in total. The first-order valence-electron chi connectivity index (χ1n) is 6.86. The SMILES string of the molecule is O=C(OOOOC(=O)OC(=O)c1ccccc1)OC(=O)c1ccccc1. The number of ether oxygens (including phenoxy) is 2. The summed E-state index contributed by atoms with van der Waals surface area (Å²) in [5.41, 5.74) is 0.175. The van der Waals surface area contributed by atoms with Crippen molar-refractivity contribution in [3.05, 3.63) is 71.8 Å². The van der Waals surface area contributed by atoms with Crippen molar-refractivity contribution in [1.82, 2.24) is 0 Å². The first-order chi connectivity index (χ1) is 12.6. The Balaban J connectivity index is 1.63. The average molecular weight is 362 g/mol. The van der Waals surface area contributed by atoms with Gasteiger partial charge in [-0.25, -0.2) is 29.0 Å². The lowest BCUT2D eigenvalue weighted by Gasteiger charge is -2.03. The van der Waals surface area contributed by atoms with E-state index < -0.39 is 24.2 Å². The molecule has 0 fully saturated rings. The highest BCUT2D eigenvalue weighted by Crippen LogP contribution is 2.04. The molecule has 0 aliphatic carbocycles. The molecule has 26 heavy (non-hydrogen) atoms. The molecule has 10 nitrogen and oxygen atoms in total. The number of hydrogen-bond acceptors (Lipinski definition) is 10. The normalized spacial score (nSPS) is 9.69. The van der Waals surface area contributed by atoms with Gasteiger partial charge in [0, 0.05) is 10.1 Å². The second-order valence-electron chi connectivity index (χ2n) is 4.31. The van der Waals surface area contributed by atoms with Crippen LogP contribution in [-0.2, 0) is 29.3 Å². The minimum Gasteiger partial charge on any atom is -0.354 e. The van der Waals surface area contributed by atoms with Gasteiger partial charge in [-0.1, -0.05) is 36.4 Å². The van der Waals surface area contributed by atoms with Crippen molar-refractivity contribution in [3.8, 4) is 0 Å². The highest BCUT2D eigenvalue weighted by atomic mass is 17.7. The zero-order valence-corrected chi connectivity index (χ0v) is 12.9. The molecule has 0 aliphatic heterocycles. The average Bonchev–Trinajstić information content (AvgIpc) is 2.66. The van der Waals surface area contributed by atoms with Crippen LogP contribution in [-0.4, -0.2) is 24.2 Å². The second kappa shape index (κ2) is 9.52. The monoisotopic (exact) mass is 362 g/mol. The molecule has 0 spiro atoms. The van der Waals surface area contributed by atoms with Gasteiger partial charge in [-0.05, 0) is 24.3 Å². The Morgan fingerprint density at radius 2 is 0.885 bits per heavy atom. The van der Waals surface area contributed by atoms with Crippen molar-refractivity contribution in [3.63, 3.8) is 0 Å². The highest BCUT2D eigenvalue weighted by molar-refractivity contribution is 5.95. The predicted octanol–water partition coefficient (Wildman–Crippen LogP) is 2.75. The van der Waals surface area contributed by atoms with Gasteiger partial charge in [0.15, 0.2) is 0 Å². The molecule has 0 bridgehead atoms. The smallest absolute Gasteiger partial charge is 0.354 e. The molecular weight excluding hydrogens is 352 g/mol. The van der Waals surface area contributed by atoms with E-state index in [0.717, 1.165) is 0 Å². The fourth-order valence-corrected chi connectivity index (χ4v) is 1.54. The van der Waals surface area contributed by atoms with E-state index in [-0.39, 0.29) is 11.1 Å². The van der Waals surface area contributed by atoms with Crippen LogP contribution in [0.4, 0.5) is 9.59 Å². The molecule has 2 rings (SSSR count). The standard InChI is InChI=1S/C16H10O10/c17-13(11-7-3-1-4-8-11)21-15(19)23-25-26-24-16(20)22-14(18)12-9-5-2-6-10-12/h1-10H. The number of carbonyl (C=O) groups is 4. The van der Waals surface area contributed by atoms with Crippen molar-refractivity contribution in [2.45, 2.75) is 0 Å². The Morgan fingerprint density at radius 1 is 0.538 bits per heavy atom. The van der Waals surface area contributed by atoms with Gasteiger partial charge in [0.05, 0.1) is 11.1 Å². The molecule has 2 aromatic carbocycles. The van der Waals surface area contributed by atoms with E-state index in [4.69, 9.17) is 0 Å². The van der Waals surface area contributed by atoms with Crippen molar-refractivity contribution in [1.29, 1.82) is 0 Å². The van der Waals surface area contributed by atoms with Crippen LogP contribution in [0.2, 0.25) is 0 Å². The third kappa shape index (κ3) is 6.03. The van der Waals surface area contributed by atoms with Crippen LogP contribution in [0.5, 0.6) is 0 Å². The molecule has 0 aliphatic rings. The van der Waals surface area contributed by atoms with Crippen LogP contribution in [0.25, 0.3) is 0 Å². The van der Waals surface area contributed by atoms with Gasteiger partial charge in [0.25, 0.3) is 0 Å². The topological polar surface area (TPSA) is 124 Å². The molecule has 0 unspecified atom stereocenters. The van der Waals surface area contributed by atoms with E-state index >= 15 is 0 Å². The summed E-state index contributed by atoms with van der Waals surface area (Å²) in [6, 6.07) is 15.1. The lowest BCUT2D eigenvalue weighted by Crippen LogP contribution is -2.17. The summed E-state index contributed by atoms with van der Waals surface area (Å²) in [6.07, 6.45) is -3.17. The fraction of sp³-hybridized carbons (Fsp3) is 0. The third-order valence-corrected chi connectivity index (χ3v) is 2.60. The van der Waals surface area contributed by atoms with Gasteiger partial charge in [-0.3, -0.25) is 0 Å². The van der Waals surface area contributed by atoms with Crippen LogP contribution in [0.3, 0.4) is 0 Å². The molecule has 0 amide bonds. The van der Waals surface area contributed by atoms with Gasteiger partial charge >= 0.3 is 24.2 Å². The molecule has 0 atom stereocenters. The van der Waals surface area contributed by atoms with Crippen molar-refractivity contribution >= 4 is 24.2 Å². The summed E-state index contributed by atoms with van der Waals surface area (Å²) >= 11 is 0. The molecule has 0 heterocycles. The summed E-state index contributed by atoms with van der Waals surface area (Å²) in [4.78, 5) is 53.0. The number of hydrogen-bond donors (Lipinski definition) is 0. The first kappa shape index (κ1) is 18.6. The summed E-state index contributed by atoms with van der Waals surface area (Å²) in [5, 5.41) is 7.46. The van der Waals surface area contributed by atoms with Crippen molar-refractivity contribution in [2.24, 2.45) is 0 Å². The molecule has 0 saturated carbocycles. The predicted molar refractivity (Wildman–Crippen MR) is 78.8 cm³/mol. The van der Waals surface area contributed by atoms with Gasteiger partial charge in [0.2, 0.25) is 0 Å². The summed E-state index contributed by atoms with van der Waals surface area (Å²) < 4.78 is 8.47. The van der Waals surface area contributed by atoms with Crippen LogP contribution >= 0.6 is 0 Å².